The molecule has 0 aliphatic heterocycles. The highest BCUT2D eigenvalue weighted by atomic mass is 32.2. The van der Waals surface area contributed by atoms with Gasteiger partial charge < -0.3 is 11.1 Å². The second kappa shape index (κ2) is 22.1. The fourth-order valence-corrected chi connectivity index (χ4v) is 3.88. The molecular weight excluding hydrogens is 352 g/mol. The van der Waals surface area contributed by atoms with Gasteiger partial charge in [-0.3, -0.25) is 4.79 Å². The summed E-state index contributed by atoms with van der Waals surface area (Å²) >= 11 is 1.74. The van der Waals surface area contributed by atoms with Crippen molar-refractivity contribution < 1.29 is 4.79 Å². The summed E-state index contributed by atoms with van der Waals surface area (Å²) in [7, 11) is 0. The molecule has 4 heteroatoms. The maximum absolute atomic E-state index is 11.8. The van der Waals surface area contributed by atoms with E-state index in [0.717, 1.165) is 25.1 Å². The molecule has 27 heavy (non-hydrogen) atoms. The maximum atomic E-state index is 11.8. The summed E-state index contributed by atoms with van der Waals surface area (Å²) in [4.78, 5) is 11.8. The van der Waals surface area contributed by atoms with E-state index in [4.69, 9.17) is 5.73 Å². The molecule has 3 N–H and O–H groups in total. The topological polar surface area (TPSA) is 55.1 Å². The van der Waals surface area contributed by atoms with Crippen LogP contribution in [0.3, 0.4) is 0 Å². The molecule has 1 atom stereocenters. The van der Waals surface area contributed by atoms with Crippen LogP contribution in [0, 0.1) is 0 Å². The molecule has 0 aromatic rings. The molecule has 0 heterocycles. The first-order chi connectivity index (χ1) is 13.2. The number of amides is 1. The highest BCUT2D eigenvalue weighted by molar-refractivity contribution is 7.98. The average molecular weight is 401 g/mol. The molecule has 0 spiro atoms. The standard InChI is InChI=1S/C23H48N2OS/c1-3-4-5-6-7-8-9-10-11-12-13-14-15-16-17-18-20-25-23(26)22(24)19-21-27-2/h22H,3-21,24H2,1-2H3,(H,25,26). The minimum atomic E-state index is -0.335. The summed E-state index contributed by atoms with van der Waals surface area (Å²) in [6.45, 7) is 3.07. The Hall–Kier alpha value is -0.220. The summed E-state index contributed by atoms with van der Waals surface area (Å²) < 4.78 is 0. The minimum absolute atomic E-state index is 0.0185. The molecule has 0 radical (unpaired) electrons. The normalized spacial score (nSPS) is 12.3. The van der Waals surface area contributed by atoms with Gasteiger partial charge in [-0.15, -0.1) is 0 Å². The number of hydrogen-bond donors (Lipinski definition) is 2. The lowest BCUT2D eigenvalue weighted by molar-refractivity contribution is -0.122. The SMILES string of the molecule is CCCCCCCCCCCCCCCCCCNC(=O)C(N)CCSC. The number of nitrogens with one attached hydrogen (secondary N) is 1. The van der Waals surface area contributed by atoms with Crippen LogP contribution in [0.2, 0.25) is 0 Å². The lowest BCUT2D eigenvalue weighted by atomic mass is 10.0. The number of thioether (sulfide) groups is 1. The molecule has 3 nitrogen and oxygen atoms in total. The Morgan fingerprint density at radius 2 is 1.19 bits per heavy atom. The first-order valence-corrected chi connectivity index (χ1v) is 13.1. The minimum Gasteiger partial charge on any atom is -0.355 e. The summed E-state index contributed by atoms with van der Waals surface area (Å²) in [5.41, 5.74) is 5.85. The van der Waals surface area contributed by atoms with E-state index in [9.17, 15) is 4.79 Å². The van der Waals surface area contributed by atoms with Gasteiger partial charge in [-0.25, -0.2) is 0 Å². The fraction of sp³-hybridized carbons (Fsp3) is 0.957. The van der Waals surface area contributed by atoms with Crippen molar-refractivity contribution in [2.45, 2.75) is 122 Å². The molecule has 0 aliphatic carbocycles. The third-order valence-electron chi connectivity index (χ3n) is 5.30. The van der Waals surface area contributed by atoms with Crippen LogP contribution in [-0.4, -0.2) is 30.5 Å². The number of hydrogen-bond acceptors (Lipinski definition) is 3. The molecule has 0 fully saturated rings. The van der Waals surface area contributed by atoms with Crippen LogP contribution >= 0.6 is 11.8 Å². The molecule has 0 saturated heterocycles. The molecule has 0 rings (SSSR count). The summed E-state index contributed by atoms with van der Waals surface area (Å²) in [5, 5.41) is 2.97. The quantitative estimate of drug-likeness (QED) is 0.218. The van der Waals surface area contributed by atoms with Crippen molar-refractivity contribution >= 4 is 17.7 Å². The zero-order valence-electron chi connectivity index (χ0n) is 18.4. The molecule has 1 amide bonds. The Morgan fingerprint density at radius 3 is 1.59 bits per heavy atom. The van der Waals surface area contributed by atoms with Crippen molar-refractivity contribution in [2.24, 2.45) is 5.73 Å². The summed E-state index contributed by atoms with van der Waals surface area (Å²) in [6, 6.07) is -0.335. The second-order valence-electron chi connectivity index (χ2n) is 7.98. The maximum Gasteiger partial charge on any atom is 0.236 e. The molecule has 162 valence electrons. The third kappa shape index (κ3) is 20.3. The van der Waals surface area contributed by atoms with E-state index in [1.54, 1.807) is 11.8 Å². The molecule has 0 aliphatic rings. The van der Waals surface area contributed by atoms with Gasteiger partial charge in [0.05, 0.1) is 6.04 Å². The van der Waals surface area contributed by atoms with Gasteiger partial charge in [0.2, 0.25) is 5.91 Å². The van der Waals surface area contributed by atoms with Crippen molar-refractivity contribution in [3.63, 3.8) is 0 Å². The smallest absolute Gasteiger partial charge is 0.236 e. The van der Waals surface area contributed by atoms with Crippen molar-refractivity contribution in [2.75, 3.05) is 18.6 Å². The van der Waals surface area contributed by atoms with Crippen molar-refractivity contribution in [3.8, 4) is 0 Å². The van der Waals surface area contributed by atoms with Crippen LogP contribution in [0.4, 0.5) is 0 Å². The van der Waals surface area contributed by atoms with Gasteiger partial charge in [-0.05, 0) is 24.9 Å². The van der Waals surface area contributed by atoms with Gasteiger partial charge in [0.25, 0.3) is 0 Å². The first kappa shape index (κ1) is 26.8. The van der Waals surface area contributed by atoms with Crippen molar-refractivity contribution in [3.05, 3.63) is 0 Å². The predicted molar refractivity (Wildman–Crippen MR) is 124 cm³/mol. The molecule has 0 aromatic heterocycles. The van der Waals surface area contributed by atoms with Crippen LogP contribution < -0.4 is 11.1 Å². The highest BCUT2D eigenvalue weighted by Crippen LogP contribution is 2.13. The van der Waals surface area contributed by atoms with E-state index < -0.39 is 0 Å². The van der Waals surface area contributed by atoms with Crippen LogP contribution in [0.15, 0.2) is 0 Å². The van der Waals surface area contributed by atoms with Gasteiger partial charge in [0.15, 0.2) is 0 Å². The van der Waals surface area contributed by atoms with Crippen LogP contribution in [0.1, 0.15) is 116 Å². The van der Waals surface area contributed by atoms with Gasteiger partial charge >= 0.3 is 0 Å². The van der Waals surface area contributed by atoms with E-state index in [2.05, 4.69) is 12.2 Å². The monoisotopic (exact) mass is 400 g/mol. The Kier molecular flexibility index (Phi) is 21.9. The van der Waals surface area contributed by atoms with Crippen LogP contribution in [0.5, 0.6) is 0 Å². The Labute approximate surface area is 174 Å². The number of carbonyl (C=O) groups excluding carboxylic acids is 1. The lowest BCUT2D eigenvalue weighted by Crippen LogP contribution is -2.41. The molecule has 1 unspecified atom stereocenters. The molecular formula is C23H48N2OS. The number of unbranched alkanes of at least 4 members (excludes halogenated alkanes) is 15. The lowest BCUT2D eigenvalue weighted by Gasteiger charge is -2.11. The second-order valence-corrected chi connectivity index (χ2v) is 8.97. The molecule has 0 bridgehead atoms. The Morgan fingerprint density at radius 1 is 0.778 bits per heavy atom. The Balaban J connectivity index is 3.15. The summed E-state index contributed by atoms with van der Waals surface area (Å²) in [5.74, 6) is 0.971. The zero-order chi connectivity index (χ0) is 20.0. The zero-order valence-corrected chi connectivity index (χ0v) is 19.2. The van der Waals surface area contributed by atoms with Gasteiger partial charge in [0.1, 0.15) is 0 Å². The van der Waals surface area contributed by atoms with Gasteiger partial charge in [0, 0.05) is 6.54 Å². The van der Waals surface area contributed by atoms with E-state index in [0.29, 0.717) is 0 Å². The molecule has 0 saturated carbocycles. The first-order valence-electron chi connectivity index (χ1n) is 11.7. The Bertz CT molecular complexity index is 313. The van der Waals surface area contributed by atoms with E-state index in [1.807, 2.05) is 6.26 Å². The van der Waals surface area contributed by atoms with Crippen LogP contribution in [0.25, 0.3) is 0 Å². The highest BCUT2D eigenvalue weighted by Gasteiger charge is 2.11. The fourth-order valence-electron chi connectivity index (χ4n) is 3.39. The largest absolute Gasteiger partial charge is 0.355 e. The third-order valence-corrected chi connectivity index (χ3v) is 5.94. The number of carbonyl (C=O) groups is 1. The van der Waals surface area contributed by atoms with E-state index in [1.165, 1.54) is 96.3 Å². The van der Waals surface area contributed by atoms with Gasteiger partial charge in [-0.2, -0.15) is 11.8 Å². The number of rotatable bonds is 21. The summed E-state index contributed by atoms with van der Waals surface area (Å²) in [6.07, 6.45) is 24.8. The van der Waals surface area contributed by atoms with E-state index >= 15 is 0 Å². The van der Waals surface area contributed by atoms with Crippen molar-refractivity contribution in [1.82, 2.24) is 5.32 Å². The number of nitrogens with two attached hydrogens (primary N) is 1. The van der Waals surface area contributed by atoms with E-state index in [-0.39, 0.29) is 11.9 Å². The van der Waals surface area contributed by atoms with Crippen LogP contribution in [-0.2, 0) is 4.79 Å². The van der Waals surface area contributed by atoms with Gasteiger partial charge in [-0.1, -0.05) is 103 Å². The average Bonchev–Trinajstić information content (AvgIpc) is 2.68. The predicted octanol–water partition coefficient (Wildman–Crippen LogP) is 6.44. The van der Waals surface area contributed by atoms with Crippen molar-refractivity contribution in [1.29, 1.82) is 0 Å². The molecule has 0 aromatic carbocycles.